The lowest BCUT2D eigenvalue weighted by atomic mass is 10.1. The van der Waals surface area contributed by atoms with E-state index >= 15 is 0 Å². The zero-order valence-electron chi connectivity index (χ0n) is 8.29. The summed E-state index contributed by atoms with van der Waals surface area (Å²) in [7, 11) is 1.69. The van der Waals surface area contributed by atoms with Crippen LogP contribution in [0, 0.1) is 6.08 Å². The monoisotopic (exact) mass is 185 g/mol. The van der Waals surface area contributed by atoms with Gasteiger partial charge in [-0.25, -0.2) is 0 Å². The van der Waals surface area contributed by atoms with Gasteiger partial charge in [0.25, 0.3) is 0 Å². The van der Waals surface area contributed by atoms with Gasteiger partial charge >= 0.3 is 0 Å². The van der Waals surface area contributed by atoms with Gasteiger partial charge in [0, 0.05) is 0 Å². The fourth-order valence-corrected chi connectivity index (χ4v) is 1.53. The maximum Gasteiger partial charge on any atom is 0.118 e. The molecule has 0 aromatic heterocycles. The van der Waals surface area contributed by atoms with Crippen LogP contribution in [0.25, 0.3) is 0 Å². The Bertz CT molecular complexity index is 357. The van der Waals surface area contributed by atoms with Gasteiger partial charge in [-0.15, -0.1) is 0 Å². The molecule has 0 unspecified atom stereocenters. The van der Waals surface area contributed by atoms with E-state index in [4.69, 9.17) is 4.74 Å². The predicted molar refractivity (Wildman–Crippen MR) is 57.2 cm³/mol. The van der Waals surface area contributed by atoms with Crippen molar-refractivity contribution in [3.05, 3.63) is 53.6 Å². The van der Waals surface area contributed by atoms with Crippen LogP contribution in [0.2, 0.25) is 0 Å². The minimum atomic E-state index is 0.911. The Morgan fingerprint density at radius 2 is 2.07 bits per heavy atom. The van der Waals surface area contributed by atoms with Crippen LogP contribution in [0.3, 0.4) is 0 Å². The molecule has 2 rings (SSSR count). The van der Waals surface area contributed by atoms with Gasteiger partial charge in [-0.05, 0) is 42.2 Å². The Balaban J connectivity index is 2.06. The summed E-state index contributed by atoms with van der Waals surface area (Å²) >= 11 is 0. The molecule has 1 radical (unpaired) electrons. The van der Waals surface area contributed by atoms with Gasteiger partial charge in [-0.3, -0.25) is 0 Å². The first kappa shape index (κ1) is 9.07. The van der Waals surface area contributed by atoms with Gasteiger partial charge in [0.05, 0.1) is 7.11 Å². The molecule has 0 bridgehead atoms. The lowest BCUT2D eigenvalue weighted by Crippen LogP contribution is -1.87. The molecule has 0 saturated carbocycles. The van der Waals surface area contributed by atoms with Crippen LogP contribution in [0.5, 0.6) is 5.75 Å². The summed E-state index contributed by atoms with van der Waals surface area (Å²) in [6, 6.07) is 8.18. The predicted octanol–water partition coefficient (Wildman–Crippen LogP) is 2.93. The topological polar surface area (TPSA) is 9.23 Å². The molecule has 0 atom stereocenters. The van der Waals surface area contributed by atoms with Crippen molar-refractivity contribution in [2.45, 2.75) is 12.8 Å². The zero-order valence-corrected chi connectivity index (χ0v) is 8.29. The number of ether oxygens (including phenoxy) is 1. The second-order valence-corrected chi connectivity index (χ2v) is 3.33. The Hall–Kier alpha value is -1.50. The molecule has 1 aromatic rings. The highest BCUT2D eigenvalue weighted by atomic mass is 16.5. The fourth-order valence-electron chi connectivity index (χ4n) is 1.53. The molecular formula is C13H13O. The van der Waals surface area contributed by atoms with Crippen LogP contribution in [-0.4, -0.2) is 7.11 Å². The van der Waals surface area contributed by atoms with Crippen molar-refractivity contribution in [3.8, 4) is 5.75 Å². The third kappa shape index (κ3) is 2.05. The van der Waals surface area contributed by atoms with E-state index in [1.54, 1.807) is 7.11 Å². The van der Waals surface area contributed by atoms with Crippen LogP contribution < -0.4 is 4.74 Å². The number of hydrogen-bond donors (Lipinski definition) is 0. The van der Waals surface area contributed by atoms with E-state index in [2.05, 4.69) is 30.4 Å². The van der Waals surface area contributed by atoms with Crippen molar-refractivity contribution in [3.63, 3.8) is 0 Å². The smallest absolute Gasteiger partial charge is 0.118 e. The molecule has 0 saturated heterocycles. The van der Waals surface area contributed by atoms with E-state index < -0.39 is 0 Å². The SMILES string of the molecule is COc1ccc(CC2=[C]CC=C2)cc1. The molecule has 71 valence electrons. The average Bonchev–Trinajstić information content (AvgIpc) is 2.72. The Morgan fingerprint density at radius 1 is 1.29 bits per heavy atom. The molecule has 0 heterocycles. The van der Waals surface area contributed by atoms with E-state index in [0.29, 0.717) is 0 Å². The van der Waals surface area contributed by atoms with Crippen molar-refractivity contribution < 1.29 is 4.74 Å². The molecule has 0 aliphatic heterocycles. The highest BCUT2D eigenvalue weighted by molar-refractivity contribution is 5.33. The molecular weight excluding hydrogens is 172 g/mol. The van der Waals surface area contributed by atoms with Crippen molar-refractivity contribution in [1.82, 2.24) is 0 Å². The fraction of sp³-hybridized carbons (Fsp3) is 0.231. The van der Waals surface area contributed by atoms with Crippen LogP contribution in [0.1, 0.15) is 12.0 Å². The number of rotatable bonds is 3. The van der Waals surface area contributed by atoms with Crippen molar-refractivity contribution in [2.24, 2.45) is 0 Å². The lowest BCUT2D eigenvalue weighted by Gasteiger charge is -2.02. The minimum Gasteiger partial charge on any atom is -0.497 e. The molecule has 1 aliphatic carbocycles. The summed E-state index contributed by atoms with van der Waals surface area (Å²) in [6.07, 6.45) is 9.53. The summed E-state index contributed by atoms with van der Waals surface area (Å²) in [5.41, 5.74) is 2.59. The molecule has 1 heteroatoms. The van der Waals surface area contributed by atoms with Gasteiger partial charge in [-0.2, -0.15) is 0 Å². The molecule has 14 heavy (non-hydrogen) atoms. The summed E-state index contributed by atoms with van der Waals surface area (Å²) in [5, 5.41) is 0. The summed E-state index contributed by atoms with van der Waals surface area (Å²) < 4.78 is 5.10. The number of allylic oxidation sites excluding steroid dienone is 4. The quantitative estimate of drug-likeness (QED) is 0.703. The molecule has 0 spiro atoms. The van der Waals surface area contributed by atoms with Crippen molar-refractivity contribution in [1.29, 1.82) is 0 Å². The zero-order chi connectivity index (χ0) is 9.80. The Morgan fingerprint density at radius 3 is 2.64 bits per heavy atom. The third-order valence-electron chi connectivity index (χ3n) is 2.32. The van der Waals surface area contributed by atoms with Gasteiger partial charge < -0.3 is 4.74 Å². The molecule has 1 aromatic carbocycles. The first-order valence-corrected chi connectivity index (χ1v) is 4.77. The van der Waals surface area contributed by atoms with Gasteiger partial charge in [0.2, 0.25) is 0 Å². The van der Waals surface area contributed by atoms with Crippen LogP contribution in [-0.2, 0) is 6.42 Å². The van der Waals surface area contributed by atoms with Crippen LogP contribution >= 0.6 is 0 Å². The van der Waals surface area contributed by atoms with Crippen LogP contribution in [0.4, 0.5) is 0 Å². The second kappa shape index (κ2) is 4.14. The van der Waals surface area contributed by atoms with Crippen molar-refractivity contribution in [2.75, 3.05) is 7.11 Å². The minimum absolute atomic E-state index is 0.911. The first-order chi connectivity index (χ1) is 6.88. The summed E-state index contributed by atoms with van der Waals surface area (Å²) in [4.78, 5) is 0. The van der Waals surface area contributed by atoms with E-state index in [1.165, 1.54) is 11.1 Å². The van der Waals surface area contributed by atoms with Gasteiger partial charge in [0.15, 0.2) is 0 Å². The maximum atomic E-state index is 5.10. The third-order valence-corrected chi connectivity index (χ3v) is 2.32. The largest absolute Gasteiger partial charge is 0.497 e. The lowest BCUT2D eigenvalue weighted by molar-refractivity contribution is 0.414. The number of hydrogen-bond acceptors (Lipinski definition) is 1. The van der Waals surface area contributed by atoms with Gasteiger partial charge in [0.1, 0.15) is 5.75 Å². The van der Waals surface area contributed by atoms with E-state index in [0.717, 1.165) is 18.6 Å². The maximum absolute atomic E-state index is 5.10. The highest BCUT2D eigenvalue weighted by Gasteiger charge is 2.00. The van der Waals surface area contributed by atoms with Crippen molar-refractivity contribution >= 4 is 0 Å². The molecule has 0 N–H and O–H groups in total. The van der Waals surface area contributed by atoms with Gasteiger partial charge in [-0.1, -0.05) is 24.3 Å². The van der Waals surface area contributed by atoms with E-state index in [9.17, 15) is 0 Å². The normalized spacial score (nSPS) is 14.2. The molecule has 1 nitrogen and oxygen atoms in total. The van der Waals surface area contributed by atoms with Crippen LogP contribution in [0.15, 0.2) is 42.0 Å². The van der Waals surface area contributed by atoms with E-state index in [-0.39, 0.29) is 0 Å². The molecule has 1 aliphatic rings. The average molecular weight is 185 g/mol. The Labute approximate surface area is 84.7 Å². The standard InChI is InChI=1S/C13H13O/c1-14-13-8-6-12(7-9-13)10-11-4-2-3-5-11/h2,4,6-9H,3,10H2,1H3. The highest BCUT2D eigenvalue weighted by Crippen LogP contribution is 2.17. The summed E-state index contributed by atoms with van der Waals surface area (Å²) in [6.45, 7) is 0. The Kier molecular flexibility index (Phi) is 2.68. The number of benzene rings is 1. The number of methoxy groups -OCH3 is 1. The molecule has 0 amide bonds. The second-order valence-electron chi connectivity index (χ2n) is 3.33. The molecule has 0 fully saturated rings. The summed E-state index contributed by atoms with van der Waals surface area (Å²) in [5.74, 6) is 0.911. The van der Waals surface area contributed by atoms with E-state index in [1.807, 2.05) is 12.1 Å². The first-order valence-electron chi connectivity index (χ1n) is 4.77.